The number of benzene rings is 4. The lowest BCUT2D eigenvalue weighted by Gasteiger charge is -2.34. The van der Waals surface area contributed by atoms with Gasteiger partial charge in [0.1, 0.15) is 24.1 Å². The van der Waals surface area contributed by atoms with E-state index in [9.17, 15) is 18.0 Å². The minimum atomic E-state index is -4.20. The van der Waals surface area contributed by atoms with Gasteiger partial charge in [0, 0.05) is 25.6 Å². The van der Waals surface area contributed by atoms with Crippen molar-refractivity contribution in [3.05, 3.63) is 120 Å². The van der Waals surface area contributed by atoms with Crippen LogP contribution in [0.1, 0.15) is 18.1 Å². The fourth-order valence-corrected chi connectivity index (χ4v) is 6.25. The van der Waals surface area contributed by atoms with Crippen LogP contribution in [0.2, 0.25) is 0 Å². The minimum Gasteiger partial charge on any atom is -0.497 e. The molecule has 1 atom stereocenters. The van der Waals surface area contributed by atoms with E-state index in [-0.39, 0.29) is 29.5 Å². The van der Waals surface area contributed by atoms with E-state index in [1.54, 1.807) is 67.8 Å². The first-order valence-electron chi connectivity index (χ1n) is 14.2. The van der Waals surface area contributed by atoms with Crippen LogP contribution in [0.15, 0.2) is 114 Å². The van der Waals surface area contributed by atoms with E-state index in [2.05, 4.69) is 5.32 Å². The summed E-state index contributed by atoms with van der Waals surface area (Å²) in [6.45, 7) is 1.66. The van der Waals surface area contributed by atoms with Gasteiger partial charge in [0.25, 0.3) is 10.0 Å². The Kier molecular flexibility index (Phi) is 11.0. The van der Waals surface area contributed by atoms with Crippen LogP contribution in [0, 0.1) is 0 Å². The fourth-order valence-electron chi connectivity index (χ4n) is 4.83. The summed E-state index contributed by atoms with van der Waals surface area (Å²) in [4.78, 5) is 29.5. The van der Waals surface area contributed by atoms with Gasteiger partial charge in [-0.1, -0.05) is 66.7 Å². The maximum absolute atomic E-state index is 14.4. The molecular weight excluding hydrogens is 578 g/mol. The maximum atomic E-state index is 14.4. The Labute approximate surface area is 259 Å². The number of carbonyl (C=O) groups is 2. The number of hydrogen-bond donors (Lipinski definition) is 1. The zero-order valence-corrected chi connectivity index (χ0v) is 25.9. The van der Waals surface area contributed by atoms with Crippen LogP contribution in [-0.2, 0) is 32.6 Å². The van der Waals surface area contributed by atoms with Gasteiger partial charge in [-0.3, -0.25) is 13.9 Å². The molecule has 0 heterocycles. The Hall–Kier alpha value is -4.83. The third-order valence-electron chi connectivity index (χ3n) is 7.06. The smallest absolute Gasteiger partial charge is 0.264 e. The first-order chi connectivity index (χ1) is 21.3. The van der Waals surface area contributed by atoms with Crippen molar-refractivity contribution in [3.63, 3.8) is 0 Å². The second-order valence-corrected chi connectivity index (χ2v) is 11.9. The van der Waals surface area contributed by atoms with Crippen molar-refractivity contribution < 1.29 is 27.5 Å². The van der Waals surface area contributed by atoms with E-state index < -0.39 is 28.5 Å². The first kappa shape index (κ1) is 32.1. The summed E-state index contributed by atoms with van der Waals surface area (Å²) < 4.78 is 39.9. The van der Waals surface area contributed by atoms with E-state index in [0.717, 1.165) is 15.4 Å². The quantitative estimate of drug-likeness (QED) is 0.221. The van der Waals surface area contributed by atoms with E-state index >= 15 is 0 Å². The van der Waals surface area contributed by atoms with Gasteiger partial charge in [0.15, 0.2) is 0 Å². The molecule has 0 bridgehead atoms. The molecule has 4 rings (SSSR count). The number of likely N-dealkylation sites (N-methyl/N-ethyl adjacent to an activating group) is 1. The molecule has 0 saturated heterocycles. The number of nitrogens with one attached hydrogen (secondary N) is 1. The standard InChI is InChI=1S/C34H37N3O6S/c1-4-35-34(39)32(22-26-13-7-5-8-14-26)36(24-27-15-11-17-29(21-27)42-2)33(38)25-37(28-16-12-18-30(23-28)43-3)44(40,41)31-19-9-6-10-20-31/h5-21,23,32H,4,22,24-25H2,1-3H3,(H,35,39). The second kappa shape index (κ2) is 15.1. The van der Waals surface area contributed by atoms with E-state index in [4.69, 9.17) is 9.47 Å². The highest BCUT2D eigenvalue weighted by molar-refractivity contribution is 7.92. The van der Waals surface area contributed by atoms with Crippen LogP contribution in [0.4, 0.5) is 5.69 Å². The summed E-state index contributed by atoms with van der Waals surface area (Å²) in [5.74, 6) is 0.131. The molecule has 0 aliphatic carbocycles. The monoisotopic (exact) mass is 615 g/mol. The van der Waals surface area contributed by atoms with Crippen molar-refractivity contribution in [3.8, 4) is 11.5 Å². The van der Waals surface area contributed by atoms with Crippen molar-refractivity contribution in [2.75, 3.05) is 31.6 Å². The van der Waals surface area contributed by atoms with Gasteiger partial charge in [0.2, 0.25) is 11.8 Å². The number of ether oxygens (including phenoxy) is 2. The molecule has 0 fully saturated rings. The topological polar surface area (TPSA) is 105 Å². The first-order valence-corrected chi connectivity index (χ1v) is 15.7. The summed E-state index contributed by atoms with van der Waals surface area (Å²) >= 11 is 0. The van der Waals surface area contributed by atoms with Gasteiger partial charge in [-0.2, -0.15) is 0 Å². The van der Waals surface area contributed by atoms with Gasteiger partial charge in [-0.05, 0) is 54.4 Å². The fraction of sp³-hybridized carbons (Fsp3) is 0.235. The normalized spacial score (nSPS) is 11.7. The molecule has 0 saturated carbocycles. The predicted molar refractivity (Wildman–Crippen MR) is 170 cm³/mol. The SMILES string of the molecule is CCNC(=O)C(Cc1ccccc1)N(Cc1cccc(OC)c1)C(=O)CN(c1cccc(OC)c1)S(=O)(=O)c1ccccc1. The summed E-state index contributed by atoms with van der Waals surface area (Å²) in [5.41, 5.74) is 1.83. The van der Waals surface area contributed by atoms with Crippen LogP contribution >= 0.6 is 0 Å². The summed E-state index contributed by atoms with van der Waals surface area (Å²) in [5, 5.41) is 2.86. The zero-order chi connectivity index (χ0) is 31.5. The number of amides is 2. The van der Waals surface area contributed by atoms with Crippen molar-refractivity contribution in [1.29, 1.82) is 0 Å². The number of hydrogen-bond acceptors (Lipinski definition) is 6. The summed E-state index contributed by atoms with van der Waals surface area (Å²) in [6, 6.07) is 30.1. The molecule has 0 radical (unpaired) electrons. The molecular formula is C34H37N3O6S. The average molecular weight is 616 g/mol. The molecule has 4 aromatic carbocycles. The molecule has 230 valence electrons. The third-order valence-corrected chi connectivity index (χ3v) is 8.85. The molecule has 1 unspecified atom stereocenters. The van der Waals surface area contributed by atoms with Gasteiger partial charge in [-0.15, -0.1) is 0 Å². The van der Waals surface area contributed by atoms with Gasteiger partial charge in [0.05, 0.1) is 24.8 Å². The Morgan fingerprint density at radius 2 is 1.36 bits per heavy atom. The minimum absolute atomic E-state index is 0.0273. The maximum Gasteiger partial charge on any atom is 0.264 e. The van der Waals surface area contributed by atoms with Crippen LogP contribution in [0.25, 0.3) is 0 Å². The number of carbonyl (C=O) groups excluding carboxylic acids is 2. The molecule has 0 spiro atoms. The van der Waals surface area contributed by atoms with Crippen molar-refractivity contribution in [2.24, 2.45) is 0 Å². The molecule has 4 aromatic rings. The largest absolute Gasteiger partial charge is 0.497 e. The molecule has 9 nitrogen and oxygen atoms in total. The highest BCUT2D eigenvalue weighted by atomic mass is 32.2. The third kappa shape index (κ3) is 7.96. The van der Waals surface area contributed by atoms with Crippen LogP contribution in [0.5, 0.6) is 11.5 Å². The Balaban J connectivity index is 1.81. The lowest BCUT2D eigenvalue weighted by molar-refractivity contribution is -0.140. The van der Waals surface area contributed by atoms with E-state index in [1.165, 1.54) is 24.1 Å². The lowest BCUT2D eigenvalue weighted by atomic mass is 10.0. The summed E-state index contributed by atoms with van der Waals surface area (Å²) in [7, 11) is -1.16. The zero-order valence-electron chi connectivity index (χ0n) is 25.1. The Bertz CT molecular complexity index is 1650. The molecule has 0 aliphatic rings. The number of nitrogens with zero attached hydrogens (tertiary/aromatic N) is 2. The lowest BCUT2D eigenvalue weighted by Crippen LogP contribution is -2.53. The molecule has 2 amide bonds. The van der Waals surface area contributed by atoms with Crippen molar-refractivity contribution in [1.82, 2.24) is 10.2 Å². The van der Waals surface area contributed by atoms with Gasteiger partial charge in [-0.25, -0.2) is 8.42 Å². The Morgan fingerprint density at radius 1 is 0.773 bits per heavy atom. The molecule has 0 aromatic heterocycles. The predicted octanol–water partition coefficient (Wildman–Crippen LogP) is 4.68. The van der Waals surface area contributed by atoms with E-state index in [0.29, 0.717) is 18.0 Å². The second-order valence-electron chi connectivity index (χ2n) is 10.00. The van der Waals surface area contributed by atoms with Gasteiger partial charge >= 0.3 is 0 Å². The number of anilines is 1. The number of sulfonamides is 1. The molecule has 1 N–H and O–H groups in total. The molecule has 44 heavy (non-hydrogen) atoms. The van der Waals surface area contributed by atoms with E-state index in [1.807, 2.05) is 43.3 Å². The van der Waals surface area contributed by atoms with Crippen LogP contribution < -0.4 is 19.1 Å². The number of rotatable bonds is 14. The molecule has 0 aliphatic heterocycles. The highest BCUT2D eigenvalue weighted by Crippen LogP contribution is 2.28. The van der Waals surface area contributed by atoms with Crippen molar-refractivity contribution >= 4 is 27.5 Å². The van der Waals surface area contributed by atoms with Crippen molar-refractivity contribution in [2.45, 2.75) is 30.8 Å². The number of methoxy groups -OCH3 is 2. The summed E-state index contributed by atoms with van der Waals surface area (Å²) in [6.07, 6.45) is 0.229. The van der Waals surface area contributed by atoms with Crippen LogP contribution in [-0.4, -0.2) is 58.5 Å². The Morgan fingerprint density at radius 3 is 2.00 bits per heavy atom. The van der Waals surface area contributed by atoms with Crippen LogP contribution in [0.3, 0.4) is 0 Å². The highest BCUT2D eigenvalue weighted by Gasteiger charge is 2.34. The van der Waals surface area contributed by atoms with Gasteiger partial charge < -0.3 is 19.7 Å². The average Bonchev–Trinajstić information content (AvgIpc) is 3.06. The molecule has 10 heteroatoms.